The number of nitrogens with zero attached hydrogens (tertiary/aromatic N) is 2. The molecule has 0 aliphatic heterocycles. The third-order valence-corrected chi connectivity index (χ3v) is 7.19. The van der Waals surface area contributed by atoms with Crippen LogP contribution < -0.4 is 20.3 Å². The maximum absolute atomic E-state index is 14.0. The second kappa shape index (κ2) is 14.3. The van der Waals surface area contributed by atoms with Crippen molar-refractivity contribution in [1.29, 1.82) is 0 Å². The van der Waals surface area contributed by atoms with E-state index in [-0.39, 0.29) is 36.6 Å². The van der Waals surface area contributed by atoms with Crippen molar-refractivity contribution in [1.82, 2.24) is 10.3 Å². The van der Waals surface area contributed by atoms with Gasteiger partial charge in [-0.05, 0) is 56.0 Å². The Hall–Kier alpha value is -4.20. The molecule has 8 heteroatoms. The molecule has 2 aromatic carbocycles. The number of benzene rings is 2. The standard InChI is InChI=1S/C32H38N4O4/c1-23-18-20-24(21-19-23)31(32(39)34-25-11-4-3-5-12-25)36(26-13-6-7-14-27(26)40-2)30(38)17-10-16-29(37)35-28-15-8-9-22-33-28/h6-9,13-15,18-22,25,31H,3-5,10-12,16-17H2,1-2H3,(H,34,39)(H,33,35,37). The minimum Gasteiger partial charge on any atom is -0.495 e. The SMILES string of the molecule is COc1ccccc1N(C(=O)CCCC(=O)Nc1ccccn1)C(C(=O)NC1CCCCC1)c1ccc(C)cc1. The lowest BCUT2D eigenvalue weighted by Gasteiger charge is -2.34. The zero-order chi connectivity index (χ0) is 28.3. The summed E-state index contributed by atoms with van der Waals surface area (Å²) in [7, 11) is 1.55. The van der Waals surface area contributed by atoms with Crippen molar-refractivity contribution in [2.75, 3.05) is 17.3 Å². The number of anilines is 2. The quantitative estimate of drug-likeness (QED) is 0.322. The first-order chi connectivity index (χ1) is 19.5. The van der Waals surface area contributed by atoms with Gasteiger partial charge in [0.25, 0.3) is 0 Å². The molecule has 3 amide bonds. The minimum atomic E-state index is -0.895. The summed E-state index contributed by atoms with van der Waals surface area (Å²) in [5.41, 5.74) is 2.28. The number of rotatable bonds is 11. The molecule has 0 saturated heterocycles. The summed E-state index contributed by atoms with van der Waals surface area (Å²) in [5, 5.41) is 5.98. The number of nitrogens with one attached hydrogen (secondary N) is 2. The molecule has 0 radical (unpaired) electrons. The predicted molar refractivity (Wildman–Crippen MR) is 156 cm³/mol. The van der Waals surface area contributed by atoms with Crippen LogP contribution in [0.4, 0.5) is 11.5 Å². The minimum absolute atomic E-state index is 0.0761. The number of hydrogen-bond donors (Lipinski definition) is 2. The summed E-state index contributed by atoms with van der Waals surface area (Å²) in [6, 6.07) is 19.4. The first-order valence-corrected chi connectivity index (χ1v) is 14.0. The Balaban J connectivity index is 1.60. The van der Waals surface area contributed by atoms with Gasteiger partial charge in [-0.15, -0.1) is 0 Å². The van der Waals surface area contributed by atoms with Crippen LogP contribution in [0.5, 0.6) is 5.75 Å². The van der Waals surface area contributed by atoms with Crippen LogP contribution >= 0.6 is 0 Å². The van der Waals surface area contributed by atoms with Gasteiger partial charge in [0.15, 0.2) is 0 Å². The maximum atomic E-state index is 14.0. The van der Waals surface area contributed by atoms with Gasteiger partial charge in [0, 0.05) is 25.1 Å². The Morgan fingerprint density at radius 1 is 0.950 bits per heavy atom. The summed E-state index contributed by atoms with van der Waals surface area (Å²) in [6.07, 6.45) is 7.33. The lowest BCUT2D eigenvalue weighted by Crippen LogP contribution is -2.47. The summed E-state index contributed by atoms with van der Waals surface area (Å²) in [6.45, 7) is 1.99. The molecular weight excluding hydrogens is 504 g/mol. The topological polar surface area (TPSA) is 101 Å². The number of hydrogen-bond acceptors (Lipinski definition) is 5. The number of amides is 3. The fourth-order valence-corrected chi connectivity index (χ4v) is 5.10. The Bertz CT molecular complexity index is 1270. The number of ether oxygens (including phenoxy) is 1. The number of pyridine rings is 1. The zero-order valence-electron chi connectivity index (χ0n) is 23.3. The van der Waals surface area contributed by atoms with Gasteiger partial charge < -0.3 is 15.4 Å². The van der Waals surface area contributed by atoms with Crippen LogP contribution in [-0.2, 0) is 14.4 Å². The van der Waals surface area contributed by atoms with Crippen LogP contribution in [0.15, 0.2) is 72.9 Å². The Kier molecular flexibility index (Phi) is 10.3. The predicted octanol–water partition coefficient (Wildman–Crippen LogP) is 5.73. The lowest BCUT2D eigenvalue weighted by molar-refractivity contribution is -0.127. The van der Waals surface area contributed by atoms with Gasteiger partial charge >= 0.3 is 0 Å². The molecule has 1 aromatic heterocycles. The molecule has 1 unspecified atom stereocenters. The van der Waals surface area contributed by atoms with Gasteiger partial charge in [-0.25, -0.2) is 4.98 Å². The molecule has 1 heterocycles. The van der Waals surface area contributed by atoms with E-state index >= 15 is 0 Å². The average molecular weight is 543 g/mol. The highest BCUT2D eigenvalue weighted by atomic mass is 16.5. The van der Waals surface area contributed by atoms with Gasteiger partial charge in [-0.3, -0.25) is 19.3 Å². The van der Waals surface area contributed by atoms with E-state index in [1.807, 2.05) is 43.3 Å². The van der Waals surface area contributed by atoms with E-state index in [0.717, 1.165) is 31.2 Å². The number of carbonyl (C=O) groups is 3. The number of methoxy groups -OCH3 is 1. The average Bonchev–Trinajstić information content (AvgIpc) is 2.97. The molecule has 0 spiro atoms. The second-order valence-electron chi connectivity index (χ2n) is 10.2. The molecule has 8 nitrogen and oxygen atoms in total. The van der Waals surface area contributed by atoms with Crippen LogP contribution in [0.1, 0.15) is 68.5 Å². The van der Waals surface area contributed by atoms with Crippen molar-refractivity contribution >= 4 is 29.2 Å². The normalized spacial score (nSPS) is 14.2. The van der Waals surface area contributed by atoms with Crippen LogP contribution in [-0.4, -0.2) is 35.9 Å². The molecule has 3 aromatic rings. The monoisotopic (exact) mass is 542 g/mol. The molecule has 4 rings (SSSR count). The van der Waals surface area contributed by atoms with E-state index in [1.165, 1.54) is 11.3 Å². The summed E-state index contributed by atoms with van der Waals surface area (Å²) in [5.74, 6) is 0.252. The molecule has 1 atom stereocenters. The molecule has 1 aliphatic rings. The molecule has 40 heavy (non-hydrogen) atoms. The van der Waals surface area contributed by atoms with Crippen molar-refractivity contribution in [2.45, 2.75) is 70.4 Å². The van der Waals surface area contributed by atoms with Gasteiger partial charge in [-0.2, -0.15) is 0 Å². The van der Waals surface area contributed by atoms with E-state index < -0.39 is 6.04 Å². The largest absolute Gasteiger partial charge is 0.495 e. The van der Waals surface area contributed by atoms with Crippen LogP contribution in [0, 0.1) is 6.92 Å². The Morgan fingerprint density at radius 2 is 1.68 bits per heavy atom. The van der Waals surface area contributed by atoms with Gasteiger partial charge in [-0.1, -0.05) is 67.3 Å². The van der Waals surface area contributed by atoms with Gasteiger partial charge in [0.1, 0.15) is 17.6 Å². The van der Waals surface area contributed by atoms with Crippen molar-refractivity contribution in [3.8, 4) is 5.75 Å². The van der Waals surface area contributed by atoms with E-state index in [9.17, 15) is 14.4 Å². The fraction of sp³-hybridized carbons (Fsp3) is 0.375. The number of carbonyl (C=O) groups excluding carboxylic acids is 3. The third-order valence-electron chi connectivity index (χ3n) is 7.19. The van der Waals surface area contributed by atoms with Gasteiger partial charge in [0.05, 0.1) is 12.8 Å². The van der Waals surface area contributed by atoms with E-state index in [4.69, 9.17) is 4.74 Å². The Morgan fingerprint density at radius 3 is 2.38 bits per heavy atom. The third kappa shape index (κ3) is 7.68. The summed E-state index contributed by atoms with van der Waals surface area (Å²) >= 11 is 0. The van der Waals surface area contributed by atoms with Crippen LogP contribution in [0.25, 0.3) is 0 Å². The zero-order valence-corrected chi connectivity index (χ0v) is 23.3. The summed E-state index contributed by atoms with van der Waals surface area (Å²) < 4.78 is 5.62. The maximum Gasteiger partial charge on any atom is 0.248 e. The molecule has 1 saturated carbocycles. The molecule has 2 N–H and O–H groups in total. The van der Waals surface area contributed by atoms with Crippen molar-refractivity contribution in [2.24, 2.45) is 0 Å². The van der Waals surface area contributed by atoms with Crippen LogP contribution in [0.2, 0.25) is 0 Å². The number of aromatic nitrogens is 1. The van der Waals surface area contributed by atoms with Crippen molar-refractivity contribution in [3.05, 3.63) is 84.1 Å². The fourth-order valence-electron chi connectivity index (χ4n) is 5.10. The molecule has 0 bridgehead atoms. The molecular formula is C32H38N4O4. The summed E-state index contributed by atoms with van der Waals surface area (Å²) in [4.78, 5) is 46.1. The highest BCUT2D eigenvalue weighted by Crippen LogP contribution is 2.36. The molecule has 210 valence electrons. The molecule has 1 aliphatic carbocycles. The Labute approximate surface area is 236 Å². The second-order valence-corrected chi connectivity index (χ2v) is 10.2. The van der Waals surface area contributed by atoms with Crippen molar-refractivity contribution in [3.63, 3.8) is 0 Å². The highest BCUT2D eigenvalue weighted by molar-refractivity contribution is 6.02. The van der Waals surface area contributed by atoms with E-state index in [1.54, 1.807) is 43.6 Å². The van der Waals surface area contributed by atoms with E-state index in [0.29, 0.717) is 29.2 Å². The smallest absolute Gasteiger partial charge is 0.248 e. The van der Waals surface area contributed by atoms with E-state index in [2.05, 4.69) is 15.6 Å². The number of aryl methyl sites for hydroxylation is 1. The first-order valence-electron chi connectivity index (χ1n) is 14.0. The number of para-hydroxylation sites is 2. The van der Waals surface area contributed by atoms with Crippen molar-refractivity contribution < 1.29 is 19.1 Å². The van der Waals surface area contributed by atoms with Crippen LogP contribution in [0.3, 0.4) is 0 Å². The molecule has 1 fully saturated rings. The van der Waals surface area contributed by atoms with Gasteiger partial charge in [0.2, 0.25) is 17.7 Å². The highest BCUT2D eigenvalue weighted by Gasteiger charge is 2.35. The lowest BCUT2D eigenvalue weighted by atomic mass is 9.94. The first kappa shape index (κ1) is 28.8.